The lowest BCUT2D eigenvalue weighted by Gasteiger charge is -2.35. The molecule has 0 spiro atoms. The number of rotatable bonds is 5. The van der Waals surface area contributed by atoms with Crippen molar-refractivity contribution in [2.45, 2.75) is 24.8 Å². The van der Waals surface area contributed by atoms with E-state index in [2.05, 4.69) is 5.32 Å². The Labute approximate surface area is 197 Å². The van der Waals surface area contributed by atoms with Crippen LogP contribution in [0.15, 0.2) is 65.6 Å². The summed E-state index contributed by atoms with van der Waals surface area (Å²) in [5.41, 5.74) is 2.61. The number of hydrogen-bond acceptors (Lipinski definition) is 5. The van der Waals surface area contributed by atoms with E-state index in [1.807, 2.05) is 13.8 Å². The summed E-state index contributed by atoms with van der Waals surface area (Å²) >= 11 is 6.06. The Hall–Kier alpha value is -3.23. The van der Waals surface area contributed by atoms with Crippen molar-refractivity contribution in [2.24, 2.45) is 0 Å². The van der Waals surface area contributed by atoms with Crippen LogP contribution in [-0.2, 0) is 14.8 Å². The molecule has 1 aliphatic heterocycles. The number of sulfonamides is 1. The van der Waals surface area contributed by atoms with Crippen molar-refractivity contribution in [1.29, 1.82) is 0 Å². The molecule has 33 heavy (non-hydrogen) atoms. The van der Waals surface area contributed by atoms with E-state index in [0.717, 1.165) is 11.1 Å². The first-order chi connectivity index (χ1) is 15.7. The Bertz CT molecular complexity index is 1310. The topological polar surface area (TPSA) is 84.9 Å². The average Bonchev–Trinajstić information content (AvgIpc) is 2.80. The number of methoxy groups -OCH3 is 1. The van der Waals surface area contributed by atoms with Crippen molar-refractivity contribution in [2.75, 3.05) is 23.3 Å². The van der Waals surface area contributed by atoms with Crippen LogP contribution in [0, 0.1) is 13.8 Å². The SMILES string of the molecule is COc1ccc(S(=O)(=O)N2C[C@H](C(=O)Nc3cc(Cl)ccc3C)Oc3cc(C)ccc32)cc1. The largest absolute Gasteiger partial charge is 0.497 e. The summed E-state index contributed by atoms with van der Waals surface area (Å²) in [5, 5.41) is 3.28. The van der Waals surface area contributed by atoms with Crippen molar-refractivity contribution in [3.05, 3.63) is 76.8 Å². The highest BCUT2D eigenvalue weighted by Crippen LogP contribution is 2.38. The molecule has 1 heterocycles. The van der Waals surface area contributed by atoms with Gasteiger partial charge in [-0.25, -0.2) is 8.42 Å². The lowest BCUT2D eigenvalue weighted by molar-refractivity contribution is -0.122. The number of nitrogens with one attached hydrogen (secondary N) is 1. The molecule has 1 amide bonds. The minimum Gasteiger partial charge on any atom is -0.497 e. The van der Waals surface area contributed by atoms with Crippen LogP contribution in [0.25, 0.3) is 0 Å². The average molecular weight is 487 g/mol. The number of amides is 1. The standard InChI is InChI=1S/C24H23ClN2O5S/c1-15-4-11-21-22(12-15)32-23(24(28)26-20-13-17(25)6-5-16(20)2)14-27(21)33(29,30)19-9-7-18(31-3)8-10-19/h4-13,23H,14H2,1-3H3,(H,26,28)/t23-/m1/s1. The van der Waals surface area contributed by atoms with Gasteiger partial charge in [0.2, 0.25) is 0 Å². The summed E-state index contributed by atoms with van der Waals surface area (Å²) < 4.78 is 39.4. The summed E-state index contributed by atoms with van der Waals surface area (Å²) in [5.74, 6) is 0.393. The molecule has 0 fully saturated rings. The van der Waals surface area contributed by atoms with Crippen molar-refractivity contribution in [3.8, 4) is 11.5 Å². The minimum absolute atomic E-state index is 0.0848. The smallest absolute Gasteiger partial charge is 0.267 e. The molecule has 9 heteroatoms. The molecule has 0 saturated heterocycles. The second kappa shape index (κ2) is 8.96. The molecular formula is C24H23ClN2O5S. The molecule has 0 bridgehead atoms. The van der Waals surface area contributed by atoms with Crippen LogP contribution in [0.4, 0.5) is 11.4 Å². The maximum atomic E-state index is 13.5. The molecule has 172 valence electrons. The Kier molecular flexibility index (Phi) is 6.23. The molecule has 3 aromatic rings. The van der Waals surface area contributed by atoms with Gasteiger partial charge < -0.3 is 14.8 Å². The molecule has 7 nitrogen and oxygen atoms in total. The van der Waals surface area contributed by atoms with Gasteiger partial charge in [-0.3, -0.25) is 9.10 Å². The summed E-state index contributed by atoms with van der Waals surface area (Å²) in [6.07, 6.45) is -1.06. The Morgan fingerprint density at radius 1 is 1.09 bits per heavy atom. The van der Waals surface area contributed by atoms with Crippen LogP contribution in [0.3, 0.4) is 0 Å². The molecule has 0 aliphatic carbocycles. The fraction of sp³-hybridized carbons (Fsp3) is 0.208. The number of aryl methyl sites for hydroxylation is 2. The third-order valence-corrected chi connectivity index (χ3v) is 7.41. The van der Waals surface area contributed by atoms with E-state index in [0.29, 0.717) is 27.9 Å². The number of benzene rings is 3. The first-order valence-electron chi connectivity index (χ1n) is 10.2. The number of anilines is 2. The zero-order chi connectivity index (χ0) is 23.8. The zero-order valence-corrected chi connectivity index (χ0v) is 19.9. The monoisotopic (exact) mass is 486 g/mol. The summed E-state index contributed by atoms with van der Waals surface area (Å²) in [6.45, 7) is 3.52. The maximum Gasteiger partial charge on any atom is 0.267 e. The molecule has 1 atom stereocenters. The fourth-order valence-electron chi connectivity index (χ4n) is 3.54. The third kappa shape index (κ3) is 4.62. The predicted molar refractivity (Wildman–Crippen MR) is 128 cm³/mol. The van der Waals surface area contributed by atoms with Crippen LogP contribution in [0.5, 0.6) is 11.5 Å². The van der Waals surface area contributed by atoms with E-state index in [-0.39, 0.29) is 11.4 Å². The van der Waals surface area contributed by atoms with Crippen LogP contribution < -0.4 is 19.1 Å². The Morgan fingerprint density at radius 2 is 1.82 bits per heavy atom. The number of halogens is 1. The van der Waals surface area contributed by atoms with Crippen molar-refractivity contribution in [3.63, 3.8) is 0 Å². The van der Waals surface area contributed by atoms with E-state index >= 15 is 0 Å². The van der Waals surface area contributed by atoms with Gasteiger partial charge in [0.1, 0.15) is 11.5 Å². The van der Waals surface area contributed by atoms with Gasteiger partial charge >= 0.3 is 0 Å². The van der Waals surface area contributed by atoms with Crippen molar-refractivity contribution >= 4 is 38.9 Å². The summed E-state index contributed by atoms with van der Waals surface area (Å²) in [4.78, 5) is 13.2. The number of fused-ring (bicyclic) bond motifs is 1. The molecule has 0 aromatic heterocycles. The molecule has 4 rings (SSSR count). The van der Waals surface area contributed by atoms with Crippen LogP contribution >= 0.6 is 11.6 Å². The molecule has 1 N–H and O–H groups in total. The second-order valence-electron chi connectivity index (χ2n) is 7.74. The Balaban J connectivity index is 1.70. The highest BCUT2D eigenvalue weighted by atomic mass is 35.5. The zero-order valence-electron chi connectivity index (χ0n) is 18.3. The van der Waals surface area contributed by atoms with E-state index < -0.39 is 22.0 Å². The third-order valence-electron chi connectivity index (χ3n) is 5.38. The molecular weight excluding hydrogens is 464 g/mol. The van der Waals surface area contributed by atoms with E-state index in [9.17, 15) is 13.2 Å². The molecule has 3 aromatic carbocycles. The number of carbonyl (C=O) groups excluding carboxylic acids is 1. The predicted octanol–water partition coefficient (Wildman–Crippen LogP) is 4.56. The van der Waals surface area contributed by atoms with Crippen molar-refractivity contribution < 1.29 is 22.7 Å². The van der Waals surface area contributed by atoms with Crippen molar-refractivity contribution in [1.82, 2.24) is 0 Å². The van der Waals surface area contributed by atoms with E-state index in [4.69, 9.17) is 21.1 Å². The van der Waals surface area contributed by atoms with Gasteiger partial charge in [-0.05, 0) is 73.5 Å². The molecule has 0 radical (unpaired) electrons. The van der Waals surface area contributed by atoms with Gasteiger partial charge in [0, 0.05) is 10.7 Å². The lowest BCUT2D eigenvalue weighted by Crippen LogP contribution is -2.48. The number of hydrogen-bond donors (Lipinski definition) is 1. The van der Waals surface area contributed by atoms with Gasteiger partial charge in [0.05, 0.1) is 24.2 Å². The van der Waals surface area contributed by atoms with Gasteiger partial charge in [-0.1, -0.05) is 23.7 Å². The Morgan fingerprint density at radius 3 is 2.52 bits per heavy atom. The number of nitrogens with zero attached hydrogens (tertiary/aromatic N) is 1. The van der Waals surface area contributed by atoms with Crippen LogP contribution in [0.2, 0.25) is 5.02 Å². The van der Waals surface area contributed by atoms with E-state index in [1.54, 1.807) is 48.5 Å². The summed E-state index contributed by atoms with van der Waals surface area (Å²) in [6, 6.07) is 16.5. The quantitative estimate of drug-likeness (QED) is 0.571. The normalized spacial score (nSPS) is 15.4. The number of ether oxygens (including phenoxy) is 2. The van der Waals surface area contributed by atoms with Gasteiger partial charge in [-0.15, -0.1) is 0 Å². The molecule has 0 saturated carbocycles. The highest BCUT2D eigenvalue weighted by molar-refractivity contribution is 7.92. The first-order valence-corrected chi connectivity index (χ1v) is 12.0. The molecule has 1 aliphatic rings. The minimum atomic E-state index is -3.97. The van der Waals surface area contributed by atoms with E-state index in [1.165, 1.54) is 23.5 Å². The lowest BCUT2D eigenvalue weighted by atomic mass is 10.1. The highest BCUT2D eigenvalue weighted by Gasteiger charge is 2.37. The second-order valence-corrected chi connectivity index (χ2v) is 10.0. The summed E-state index contributed by atoms with van der Waals surface area (Å²) in [7, 11) is -2.46. The fourth-order valence-corrected chi connectivity index (χ4v) is 5.19. The van der Waals surface area contributed by atoms with Crippen LogP contribution in [0.1, 0.15) is 11.1 Å². The van der Waals surface area contributed by atoms with Gasteiger partial charge in [0.15, 0.2) is 6.10 Å². The van der Waals surface area contributed by atoms with Gasteiger partial charge in [-0.2, -0.15) is 0 Å². The van der Waals surface area contributed by atoms with Crippen LogP contribution in [-0.4, -0.2) is 34.1 Å². The molecule has 0 unspecified atom stereocenters. The van der Waals surface area contributed by atoms with Gasteiger partial charge in [0.25, 0.3) is 15.9 Å². The first kappa shape index (κ1) is 22.9. The maximum absolute atomic E-state index is 13.5. The number of carbonyl (C=O) groups is 1.